The van der Waals surface area contributed by atoms with Crippen LogP contribution in [0.4, 0.5) is 30.7 Å². The normalized spacial score (nSPS) is 11.9. The highest BCUT2D eigenvalue weighted by molar-refractivity contribution is 6.63. The Labute approximate surface area is 164 Å². The van der Waals surface area contributed by atoms with E-state index in [0.29, 0.717) is 19.3 Å². The lowest BCUT2D eigenvalue weighted by molar-refractivity contribution is -0.111. The number of unbranched alkanes of at least 4 members (excludes halogenated alkanes) is 8. The van der Waals surface area contributed by atoms with E-state index in [-0.39, 0.29) is 11.7 Å². The fraction of sp³-hybridized carbons (Fsp3) is 0.632. The Bertz CT molecular complexity index is 635. The van der Waals surface area contributed by atoms with Gasteiger partial charge in [0, 0.05) is 12.8 Å². The molecule has 0 spiro atoms. The predicted molar refractivity (Wildman–Crippen MR) is 91.8 cm³/mol. The van der Waals surface area contributed by atoms with Crippen LogP contribution in [-0.2, 0) is 10.7 Å². The molecule has 0 aromatic heterocycles. The van der Waals surface area contributed by atoms with Crippen molar-refractivity contribution in [1.29, 1.82) is 0 Å². The molecule has 0 aliphatic heterocycles. The highest BCUT2D eigenvalue weighted by atomic mass is 35.5. The van der Waals surface area contributed by atoms with Gasteiger partial charge in [-0.3, -0.25) is 4.79 Å². The molecule has 1 rings (SSSR count). The van der Waals surface area contributed by atoms with Crippen molar-refractivity contribution in [2.24, 2.45) is 0 Å². The van der Waals surface area contributed by atoms with Gasteiger partial charge < -0.3 is 0 Å². The number of hydrogen-bond acceptors (Lipinski definition) is 1. The maximum atomic E-state index is 14.0. The van der Waals surface area contributed by atoms with E-state index in [2.05, 4.69) is 0 Å². The summed E-state index contributed by atoms with van der Waals surface area (Å²) in [5.74, 6) is -16.3. The van der Waals surface area contributed by atoms with Crippen LogP contribution < -0.4 is 0 Å². The van der Waals surface area contributed by atoms with Crippen molar-refractivity contribution in [3.63, 3.8) is 0 Å². The van der Waals surface area contributed by atoms with Gasteiger partial charge in [-0.1, -0.05) is 44.9 Å². The lowest BCUT2D eigenvalue weighted by Crippen LogP contribution is -2.21. The first-order valence-electron chi connectivity index (χ1n) is 9.17. The molecule has 28 heavy (non-hydrogen) atoms. The average molecular weight is 435 g/mol. The second kappa shape index (κ2) is 11.6. The highest BCUT2D eigenvalue weighted by Gasteiger charge is 2.41. The monoisotopic (exact) mass is 434 g/mol. The first-order valence-corrected chi connectivity index (χ1v) is 9.55. The van der Waals surface area contributed by atoms with E-state index in [1.165, 1.54) is 0 Å². The minimum absolute atomic E-state index is 0.107. The molecule has 0 unspecified atom stereocenters. The fourth-order valence-electron chi connectivity index (χ4n) is 2.90. The second-order valence-electron chi connectivity index (χ2n) is 6.69. The van der Waals surface area contributed by atoms with Gasteiger partial charge in [0.1, 0.15) is 0 Å². The van der Waals surface area contributed by atoms with Gasteiger partial charge in [-0.25, -0.2) is 30.7 Å². The Morgan fingerprint density at radius 3 is 1.43 bits per heavy atom. The maximum Gasteiger partial charge on any atom is 0.279 e. The second-order valence-corrected chi connectivity index (χ2v) is 7.11. The molecule has 0 amide bonds. The topological polar surface area (TPSA) is 17.1 Å². The third-order valence-electron chi connectivity index (χ3n) is 4.44. The van der Waals surface area contributed by atoms with E-state index in [1.807, 2.05) is 0 Å². The molecule has 160 valence electrons. The van der Waals surface area contributed by atoms with Gasteiger partial charge in [-0.2, -0.15) is 0 Å². The largest absolute Gasteiger partial charge is 0.281 e. The molecule has 1 aromatic carbocycles. The van der Waals surface area contributed by atoms with Gasteiger partial charge in [-0.15, -0.1) is 0 Å². The number of carbonyl (C=O) groups is 1. The quantitative estimate of drug-likeness (QED) is 0.103. The Kier molecular flexibility index (Phi) is 10.3. The summed E-state index contributed by atoms with van der Waals surface area (Å²) in [6, 6.07) is 0. The first kappa shape index (κ1) is 24.7. The van der Waals surface area contributed by atoms with Gasteiger partial charge in [0.05, 0.1) is 5.56 Å². The van der Waals surface area contributed by atoms with Crippen molar-refractivity contribution in [3.05, 3.63) is 34.6 Å². The van der Waals surface area contributed by atoms with Crippen LogP contribution in [0, 0.1) is 29.1 Å². The summed E-state index contributed by atoms with van der Waals surface area (Å²) in [7, 11) is 0. The van der Waals surface area contributed by atoms with Crippen molar-refractivity contribution < 1.29 is 35.5 Å². The van der Waals surface area contributed by atoms with Crippen LogP contribution in [0.25, 0.3) is 0 Å². The zero-order valence-corrected chi connectivity index (χ0v) is 16.0. The molecule has 0 atom stereocenters. The zero-order valence-electron chi connectivity index (χ0n) is 15.2. The minimum Gasteiger partial charge on any atom is -0.281 e. The molecule has 0 saturated heterocycles. The summed E-state index contributed by atoms with van der Waals surface area (Å²) in [5, 5.41) is -0.359. The van der Waals surface area contributed by atoms with E-state index in [1.54, 1.807) is 0 Å². The smallest absolute Gasteiger partial charge is 0.279 e. The summed E-state index contributed by atoms with van der Waals surface area (Å²) in [6.07, 6.45) is 5.34. The summed E-state index contributed by atoms with van der Waals surface area (Å²) < 4.78 is 94.2. The van der Waals surface area contributed by atoms with E-state index in [4.69, 9.17) is 11.6 Å². The third-order valence-corrected chi connectivity index (χ3v) is 4.63. The van der Waals surface area contributed by atoms with Crippen molar-refractivity contribution in [2.75, 3.05) is 0 Å². The number of alkyl halides is 2. The molecule has 0 aliphatic carbocycles. The summed E-state index contributed by atoms with van der Waals surface area (Å²) in [5.41, 5.74) is -2.07. The summed E-state index contributed by atoms with van der Waals surface area (Å²) in [4.78, 5) is 10.5. The van der Waals surface area contributed by atoms with E-state index in [9.17, 15) is 35.5 Å². The molecule has 0 aliphatic rings. The number of carbonyl (C=O) groups excluding carboxylic acids is 1. The van der Waals surface area contributed by atoms with Crippen LogP contribution in [0.1, 0.15) is 76.2 Å². The van der Waals surface area contributed by atoms with Gasteiger partial charge in [-0.05, 0) is 24.4 Å². The molecule has 0 saturated carbocycles. The molecule has 1 aromatic rings. The Balaban J connectivity index is 2.35. The predicted octanol–water partition coefficient (Wildman–Crippen LogP) is 7.53. The van der Waals surface area contributed by atoms with Crippen LogP contribution in [0.5, 0.6) is 0 Å². The summed E-state index contributed by atoms with van der Waals surface area (Å²) in [6.45, 7) is 0. The Hall–Kier alpha value is -1.31. The number of benzene rings is 1. The molecule has 1 nitrogen and oxygen atoms in total. The van der Waals surface area contributed by atoms with E-state index < -0.39 is 47.0 Å². The zero-order chi connectivity index (χ0) is 21.3. The van der Waals surface area contributed by atoms with Crippen molar-refractivity contribution >= 4 is 16.8 Å². The Morgan fingerprint density at radius 1 is 0.643 bits per heavy atom. The molecule has 0 N–H and O–H groups in total. The molecule has 9 heteroatoms. The maximum absolute atomic E-state index is 14.0. The lowest BCUT2D eigenvalue weighted by Gasteiger charge is -2.19. The minimum atomic E-state index is -4.15. The van der Waals surface area contributed by atoms with Crippen molar-refractivity contribution in [2.45, 2.75) is 76.6 Å². The molecule has 0 bridgehead atoms. The van der Waals surface area contributed by atoms with Crippen molar-refractivity contribution in [1.82, 2.24) is 0 Å². The number of rotatable bonds is 13. The molecule has 0 radical (unpaired) electrons. The van der Waals surface area contributed by atoms with Crippen LogP contribution in [0.2, 0.25) is 0 Å². The van der Waals surface area contributed by atoms with Crippen molar-refractivity contribution in [3.8, 4) is 0 Å². The lowest BCUT2D eigenvalue weighted by atomic mass is 9.99. The number of halogens is 8. The van der Waals surface area contributed by atoms with Crippen LogP contribution in [0.3, 0.4) is 0 Å². The molecular weight excluding hydrogens is 413 g/mol. The van der Waals surface area contributed by atoms with Crippen LogP contribution in [-0.4, -0.2) is 5.24 Å². The van der Waals surface area contributed by atoms with Gasteiger partial charge in [0.25, 0.3) is 5.92 Å². The summed E-state index contributed by atoms with van der Waals surface area (Å²) >= 11 is 5.21. The SMILES string of the molecule is O=C(Cl)CCCCCCCCCCCC(F)(F)c1c(F)c(F)c(F)c(F)c1F. The highest BCUT2D eigenvalue weighted by Crippen LogP contribution is 2.39. The van der Waals surface area contributed by atoms with E-state index in [0.717, 1.165) is 38.5 Å². The molecular formula is C19H22ClF7O. The van der Waals surface area contributed by atoms with Gasteiger partial charge in [0.15, 0.2) is 23.3 Å². The van der Waals surface area contributed by atoms with Crippen LogP contribution in [0.15, 0.2) is 0 Å². The third kappa shape index (κ3) is 7.26. The van der Waals surface area contributed by atoms with Crippen LogP contribution >= 0.6 is 11.6 Å². The molecule has 0 heterocycles. The van der Waals surface area contributed by atoms with Gasteiger partial charge >= 0.3 is 0 Å². The fourth-order valence-corrected chi connectivity index (χ4v) is 3.03. The standard InChI is InChI=1S/C19H22ClF7O/c20-12(28)10-8-6-4-2-1-3-5-7-9-11-19(26,27)13-14(21)16(23)18(25)17(24)15(13)22/h1-11H2. The number of hydrogen-bond donors (Lipinski definition) is 0. The van der Waals surface area contributed by atoms with Gasteiger partial charge in [0.2, 0.25) is 11.1 Å². The first-order chi connectivity index (χ1) is 13.1. The van der Waals surface area contributed by atoms with E-state index >= 15 is 0 Å². The Morgan fingerprint density at radius 2 is 1.00 bits per heavy atom. The molecule has 0 fully saturated rings. The average Bonchev–Trinajstić information content (AvgIpc) is 2.62.